The Morgan fingerprint density at radius 3 is 1.84 bits per heavy atom. The van der Waals surface area contributed by atoms with Crippen LogP contribution in [0.15, 0.2) is 24.3 Å². The molecule has 0 amide bonds. The van der Waals surface area contributed by atoms with Crippen LogP contribution in [0.4, 0.5) is 5.69 Å². The third kappa shape index (κ3) is 9.85. The normalized spacial score (nSPS) is 10.8. The number of aryl methyl sites for hydroxylation is 2. The lowest BCUT2D eigenvalue weighted by atomic mass is 10.0. The smallest absolute Gasteiger partial charge is 0.269 e. The Balaban J connectivity index is 0.00000512. The third-order valence-corrected chi connectivity index (χ3v) is 6.36. The number of non-ortho nitro benzene ring substituents is 1. The van der Waals surface area contributed by atoms with Crippen LogP contribution in [-0.2, 0) is 13.0 Å². The lowest BCUT2D eigenvalue weighted by Crippen LogP contribution is -3.00. The Morgan fingerprint density at radius 1 is 0.844 bits per heavy atom. The molecule has 32 heavy (non-hydrogen) atoms. The second-order valence-corrected chi connectivity index (χ2v) is 8.94. The van der Waals surface area contributed by atoms with E-state index in [-0.39, 0.29) is 27.6 Å². The van der Waals surface area contributed by atoms with E-state index in [9.17, 15) is 10.1 Å². The first kappa shape index (κ1) is 28.3. The zero-order chi connectivity index (χ0) is 22.5. The van der Waals surface area contributed by atoms with E-state index in [1.165, 1.54) is 94.0 Å². The second kappa shape index (κ2) is 16.0. The van der Waals surface area contributed by atoms with E-state index in [0.717, 1.165) is 18.5 Å². The fourth-order valence-corrected chi connectivity index (χ4v) is 4.32. The van der Waals surface area contributed by atoms with Crippen molar-refractivity contribution in [2.75, 3.05) is 0 Å². The standard InChI is InChI=1S/C26H41N3O2.BrH/c1-4-5-6-7-8-9-10-11-12-13-14-15-20-28-23(3)26(22(2)27-28)21-24-16-18-25(19-17-24)29(30)31;/h16-19H,4-15,20-21H2,1-3H3;1H. The van der Waals surface area contributed by atoms with Crippen molar-refractivity contribution >= 4 is 5.69 Å². The van der Waals surface area contributed by atoms with Gasteiger partial charge in [-0.1, -0.05) is 83.3 Å². The van der Waals surface area contributed by atoms with E-state index in [0.29, 0.717) is 0 Å². The molecular weight excluding hydrogens is 466 g/mol. The predicted octanol–water partition coefficient (Wildman–Crippen LogP) is 4.12. The van der Waals surface area contributed by atoms with Gasteiger partial charge in [0.1, 0.15) is 0 Å². The average molecular weight is 509 g/mol. The Bertz CT molecular complexity index is 787. The third-order valence-electron chi connectivity index (χ3n) is 6.36. The fraction of sp³-hybridized carbons (Fsp3) is 0.654. The number of halogens is 1. The van der Waals surface area contributed by atoms with Crippen LogP contribution < -0.4 is 21.7 Å². The maximum Gasteiger partial charge on any atom is 0.269 e. The number of aromatic amines is 1. The molecule has 0 saturated heterocycles. The van der Waals surface area contributed by atoms with Gasteiger partial charge in [0.2, 0.25) is 5.69 Å². The number of H-pyrrole nitrogens is 1. The van der Waals surface area contributed by atoms with Gasteiger partial charge < -0.3 is 17.0 Å². The predicted molar refractivity (Wildman–Crippen MR) is 127 cm³/mol. The van der Waals surface area contributed by atoms with E-state index in [2.05, 4.69) is 30.6 Å². The molecule has 1 aromatic carbocycles. The van der Waals surface area contributed by atoms with Gasteiger partial charge in [-0.15, -0.1) is 4.68 Å². The second-order valence-electron chi connectivity index (χ2n) is 8.94. The molecule has 0 bridgehead atoms. The summed E-state index contributed by atoms with van der Waals surface area (Å²) in [5.74, 6) is 0. The Labute approximate surface area is 204 Å². The number of nitrogens with one attached hydrogen (secondary N) is 1. The van der Waals surface area contributed by atoms with Gasteiger partial charge in [-0.05, 0) is 18.9 Å². The Kier molecular flexibility index (Phi) is 14.2. The molecule has 2 rings (SSSR count). The van der Waals surface area contributed by atoms with Gasteiger partial charge in [-0.2, -0.15) is 5.10 Å². The van der Waals surface area contributed by atoms with Crippen LogP contribution in [0.5, 0.6) is 0 Å². The highest BCUT2D eigenvalue weighted by Crippen LogP contribution is 2.18. The number of hydrogen-bond acceptors (Lipinski definition) is 2. The molecule has 180 valence electrons. The molecule has 0 aliphatic heterocycles. The van der Waals surface area contributed by atoms with Crippen molar-refractivity contribution in [3.63, 3.8) is 0 Å². The van der Waals surface area contributed by atoms with Crippen LogP contribution in [0.3, 0.4) is 0 Å². The highest BCUT2D eigenvalue weighted by molar-refractivity contribution is 5.36. The number of nitro groups is 1. The van der Waals surface area contributed by atoms with Crippen LogP contribution >= 0.6 is 0 Å². The lowest BCUT2D eigenvalue weighted by molar-refractivity contribution is -0.756. The van der Waals surface area contributed by atoms with Crippen molar-refractivity contribution in [2.24, 2.45) is 0 Å². The first-order valence-corrected chi connectivity index (χ1v) is 12.3. The molecule has 0 saturated carbocycles. The van der Waals surface area contributed by atoms with E-state index >= 15 is 0 Å². The summed E-state index contributed by atoms with van der Waals surface area (Å²) in [7, 11) is 0. The summed E-state index contributed by atoms with van der Waals surface area (Å²) in [5.41, 5.74) is 5.02. The maximum atomic E-state index is 10.8. The highest BCUT2D eigenvalue weighted by Gasteiger charge is 2.19. The molecule has 5 nitrogen and oxygen atoms in total. The van der Waals surface area contributed by atoms with Crippen molar-refractivity contribution in [2.45, 2.75) is 111 Å². The average Bonchev–Trinajstić information content (AvgIpc) is 3.02. The molecule has 0 fully saturated rings. The molecule has 1 aromatic heterocycles. The molecular formula is C26H42BrN3O2. The van der Waals surface area contributed by atoms with E-state index in [4.69, 9.17) is 0 Å². The monoisotopic (exact) mass is 507 g/mol. The highest BCUT2D eigenvalue weighted by atomic mass is 79.9. The molecule has 1 heterocycles. The van der Waals surface area contributed by atoms with Crippen LogP contribution in [0, 0.1) is 24.0 Å². The molecule has 0 atom stereocenters. The zero-order valence-electron chi connectivity index (χ0n) is 20.3. The van der Waals surface area contributed by atoms with Gasteiger partial charge in [-0.25, -0.2) is 0 Å². The van der Waals surface area contributed by atoms with Crippen LogP contribution in [0.25, 0.3) is 0 Å². The summed E-state index contributed by atoms with van der Waals surface area (Å²) in [6.07, 6.45) is 17.2. The molecule has 0 aliphatic carbocycles. The molecule has 6 heteroatoms. The number of rotatable bonds is 16. The summed E-state index contributed by atoms with van der Waals surface area (Å²) < 4.78 is 2.27. The molecule has 1 N–H and O–H groups in total. The van der Waals surface area contributed by atoms with Crippen LogP contribution in [0.1, 0.15) is 106 Å². The van der Waals surface area contributed by atoms with Crippen molar-refractivity contribution in [1.29, 1.82) is 0 Å². The minimum absolute atomic E-state index is 0. The van der Waals surface area contributed by atoms with Crippen molar-refractivity contribution in [3.8, 4) is 0 Å². The van der Waals surface area contributed by atoms with Gasteiger partial charge in [0, 0.05) is 37.5 Å². The van der Waals surface area contributed by atoms with Gasteiger partial charge in [-0.3, -0.25) is 10.1 Å². The van der Waals surface area contributed by atoms with Gasteiger partial charge in [0.05, 0.1) is 10.6 Å². The van der Waals surface area contributed by atoms with E-state index in [1.54, 1.807) is 12.1 Å². The van der Waals surface area contributed by atoms with E-state index in [1.807, 2.05) is 12.1 Å². The summed E-state index contributed by atoms with van der Waals surface area (Å²) >= 11 is 0. The Morgan fingerprint density at radius 2 is 1.34 bits per heavy atom. The summed E-state index contributed by atoms with van der Waals surface area (Å²) in [5, 5.41) is 14.3. The topological polar surface area (TPSA) is 62.8 Å². The summed E-state index contributed by atoms with van der Waals surface area (Å²) in [6, 6.07) is 6.90. The minimum Gasteiger partial charge on any atom is -1.00 e. The number of aromatic nitrogens is 2. The van der Waals surface area contributed by atoms with Crippen LogP contribution in [0.2, 0.25) is 0 Å². The number of hydrogen-bond donors (Lipinski definition) is 1. The number of unbranched alkanes of at least 4 members (excludes halogenated alkanes) is 11. The summed E-state index contributed by atoms with van der Waals surface area (Å²) in [6.45, 7) is 7.60. The van der Waals surface area contributed by atoms with Gasteiger partial charge in [0.15, 0.2) is 6.54 Å². The number of nitrogens with zero attached hydrogens (tertiary/aromatic N) is 2. The molecule has 0 aliphatic rings. The first-order valence-electron chi connectivity index (χ1n) is 12.3. The number of benzene rings is 1. The molecule has 0 unspecified atom stereocenters. The SMILES string of the molecule is CCCCCCCCCCCCCC[n+]1[nH]c(C)c(Cc2ccc([N+](=O)[O-])cc2)c1C.[Br-]. The Hall–Kier alpha value is -1.69. The van der Waals surface area contributed by atoms with Gasteiger partial charge in [0.25, 0.3) is 5.69 Å². The number of nitro benzene ring substituents is 1. The lowest BCUT2D eigenvalue weighted by Gasteiger charge is -2.02. The van der Waals surface area contributed by atoms with Crippen LogP contribution in [-0.4, -0.2) is 10.0 Å². The zero-order valence-corrected chi connectivity index (χ0v) is 21.9. The summed E-state index contributed by atoms with van der Waals surface area (Å²) in [4.78, 5) is 10.5. The quantitative estimate of drug-likeness (QED) is 0.161. The van der Waals surface area contributed by atoms with E-state index < -0.39 is 0 Å². The molecule has 0 spiro atoms. The largest absolute Gasteiger partial charge is 1.00 e. The maximum absolute atomic E-state index is 10.8. The van der Waals surface area contributed by atoms with Crippen molar-refractivity contribution in [1.82, 2.24) is 5.10 Å². The first-order chi connectivity index (χ1) is 15.0. The van der Waals surface area contributed by atoms with Crippen molar-refractivity contribution in [3.05, 3.63) is 56.9 Å². The van der Waals surface area contributed by atoms with Gasteiger partial charge >= 0.3 is 0 Å². The minimum atomic E-state index is -0.348. The van der Waals surface area contributed by atoms with Crippen molar-refractivity contribution < 1.29 is 26.6 Å². The fourth-order valence-electron chi connectivity index (χ4n) is 4.32. The molecule has 0 radical (unpaired) electrons. The molecule has 2 aromatic rings.